The highest BCUT2D eigenvalue weighted by atomic mass is 16.5. The first-order chi connectivity index (χ1) is 7.40. The van der Waals surface area contributed by atoms with Crippen molar-refractivity contribution in [1.29, 1.82) is 0 Å². The Hall–Kier alpha value is -1.55. The second-order valence-corrected chi connectivity index (χ2v) is 4.60. The molecule has 16 heavy (non-hydrogen) atoms. The largest absolute Gasteiger partial charge is 0.488 e. The van der Waals surface area contributed by atoms with E-state index in [1.54, 1.807) is 0 Å². The molecule has 0 saturated heterocycles. The van der Waals surface area contributed by atoms with Gasteiger partial charge in [-0.25, -0.2) is 5.84 Å². The molecule has 1 rings (SSSR count). The molecule has 0 bridgehead atoms. The van der Waals surface area contributed by atoms with Crippen LogP contribution in [0.2, 0.25) is 0 Å². The average Bonchev–Trinajstić information content (AvgIpc) is 2.18. The Balaban J connectivity index is 2.64. The molecule has 0 fully saturated rings. The molecule has 0 atom stereocenters. The van der Waals surface area contributed by atoms with Gasteiger partial charge in [-0.15, -0.1) is 0 Å². The molecule has 1 amide bonds. The lowest BCUT2D eigenvalue weighted by Crippen LogP contribution is -2.31. The number of hydrogen-bond acceptors (Lipinski definition) is 3. The zero-order valence-electron chi connectivity index (χ0n) is 9.91. The van der Waals surface area contributed by atoms with Crippen molar-refractivity contribution >= 4 is 5.91 Å². The zero-order valence-corrected chi connectivity index (χ0v) is 9.91. The van der Waals surface area contributed by atoms with Gasteiger partial charge in [0.1, 0.15) is 11.4 Å². The van der Waals surface area contributed by atoms with E-state index in [-0.39, 0.29) is 17.9 Å². The third kappa shape index (κ3) is 4.31. The Morgan fingerprint density at radius 3 is 2.31 bits per heavy atom. The molecular formula is C12H18N2O2. The third-order valence-corrected chi connectivity index (χ3v) is 1.87. The summed E-state index contributed by atoms with van der Waals surface area (Å²) in [5.74, 6) is 5.60. The first-order valence-electron chi connectivity index (χ1n) is 5.18. The standard InChI is InChI=1S/C12H18N2O2/c1-12(2,3)16-10-6-4-9(5-7-10)8-11(15)14-13/h4-7H,8,13H2,1-3H3,(H,14,15). The van der Waals surface area contributed by atoms with E-state index >= 15 is 0 Å². The van der Waals surface area contributed by atoms with Crippen LogP contribution in [0.15, 0.2) is 24.3 Å². The van der Waals surface area contributed by atoms with Gasteiger partial charge in [0.15, 0.2) is 0 Å². The summed E-state index contributed by atoms with van der Waals surface area (Å²) in [5, 5.41) is 0. The summed E-state index contributed by atoms with van der Waals surface area (Å²) in [6.07, 6.45) is 0.284. The maximum atomic E-state index is 11.0. The smallest absolute Gasteiger partial charge is 0.238 e. The van der Waals surface area contributed by atoms with Gasteiger partial charge in [-0.2, -0.15) is 0 Å². The minimum absolute atomic E-state index is 0.204. The molecule has 1 aromatic carbocycles. The molecule has 0 aromatic heterocycles. The first kappa shape index (κ1) is 12.5. The molecule has 0 spiro atoms. The molecule has 0 aliphatic rings. The maximum Gasteiger partial charge on any atom is 0.238 e. The number of rotatable bonds is 3. The van der Waals surface area contributed by atoms with Crippen molar-refractivity contribution < 1.29 is 9.53 Å². The fourth-order valence-corrected chi connectivity index (χ4v) is 1.27. The summed E-state index contributed by atoms with van der Waals surface area (Å²) < 4.78 is 5.66. The van der Waals surface area contributed by atoms with Crippen LogP contribution >= 0.6 is 0 Å². The highest BCUT2D eigenvalue weighted by Crippen LogP contribution is 2.18. The van der Waals surface area contributed by atoms with E-state index in [1.807, 2.05) is 45.0 Å². The minimum Gasteiger partial charge on any atom is -0.488 e. The van der Waals surface area contributed by atoms with Crippen molar-refractivity contribution in [3.8, 4) is 5.75 Å². The van der Waals surface area contributed by atoms with Crippen molar-refractivity contribution in [2.45, 2.75) is 32.8 Å². The number of amides is 1. The predicted molar refractivity (Wildman–Crippen MR) is 62.9 cm³/mol. The normalized spacial score (nSPS) is 11.0. The lowest BCUT2D eigenvalue weighted by Gasteiger charge is -2.21. The molecule has 0 aliphatic carbocycles. The van der Waals surface area contributed by atoms with E-state index in [0.717, 1.165) is 11.3 Å². The van der Waals surface area contributed by atoms with Crippen LogP contribution in [0.5, 0.6) is 5.75 Å². The van der Waals surface area contributed by atoms with Crippen LogP contribution in [0.1, 0.15) is 26.3 Å². The Morgan fingerprint density at radius 2 is 1.88 bits per heavy atom. The molecule has 0 radical (unpaired) electrons. The zero-order chi connectivity index (χ0) is 12.2. The lowest BCUT2D eigenvalue weighted by atomic mass is 10.1. The highest BCUT2D eigenvalue weighted by molar-refractivity contribution is 5.77. The van der Waals surface area contributed by atoms with Gasteiger partial charge >= 0.3 is 0 Å². The van der Waals surface area contributed by atoms with Crippen molar-refractivity contribution in [1.82, 2.24) is 5.43 Å². The van der Waals surface area contributed by atoms with Crippen molar-refractivity contribution in [3.63, 3.8) is 0 Å². The molecule has 0 unspecified atom stereocenters. The number of carbonyl (C=O) groups is 1. The molecule has 0 heterocycles. The fourth-order valence-electron chi connectivity index (χ4n) is 1.27. The van der Waals surface area contributed by atoms with Crippen LogP contribution in [0.4, 0.5) is 0 Å². The summed E-state index contributed by atoms with van der Waals surface area (Å²) >= 11 is 0. The van der Waals surface area contributed by atoms with E-state index in [0.29, 0.717) is 0 Å². The maximum absolute atomic E-state index is 11.0. The van der Waals surface area contributed by atoms with Crippen molar-refractivity contribution in [2.75, 3.05) is 0 Å². The van der Waals surface area contributed by atoms with Crippen LogP contribution in [0, 0.1) is 0 Å². The highest BCUT2D eigenvalue weighted by Gasteiger charge is 2.11. The van der Waals surface area contributed by atoms with Gasteiger partial charge in [0.05, 0.1) is 6.42 Å². The van der Waals surface area contributed by atoms with Gasteiger partial charge in [0.25, 0.3) is 0 Å². The van der Waals surface area contributed by atoms with E-state index in [2.05, 4.69) is 5.43 Å². The number of carbonyl (C=O) groups excluding carboxylic acids is 1. The summed E-state index contributed by atoms with van der Waals surface area (Å²) in [6.45, 7) is 5.97. The van der Waals surface area contributed by atoms with Crippen LogP contribution in [0.3, 0.4) is 0 Å². The Labute approximate surface area is 95.8 Å². The first-order valence-corrected chi connectivity index (χ1v) is 5.18. The minimum atomic E-state index is -0.212. The molecule has 4 heteroatoms. The SMILES string of the molecule is CC(C)(C)Oc1ccc(CC(=O)NN)cc1. The van der Waals surface area contributed by atoms with Crippen LogP contribution in [0.25, 0.3) is 0 Å². The lowest BCUT2D eigenvalue weighted by molar-refractivity contribution is -0.120. The van der Waals surface area contributed by atoms with E-state index in [1.165, 1.54) is 0 Å². The number of nitrogens with two attached hydrogens (primary N) is 1. The average molecular weight is 222 g/mol. The number of hydrogen-bond donors (Lipinski definition) is 2. The van der Waals surface area contributed by atoms with Crippen molar-refractivity contribution in [2.24, 2.45) is 5.84 Å². The van der Waals surface area contributed by atoms with Gasteiger partial charge in [-0.1, -0.05) is 12.1 Å². The number of ether oxygens (including phenoxy) is 1. The Bertz CT molecular complexity index is 352. The topological polar surface area (TPSA) is 64.3 Å². The second-order valence-electron chi connectivity index (χ2n) is 4.60. The van der Waals surface area contributed by atoms with Gasteiger partial charge in [0.2, 0.25) is 5.91 Å². The van der Waals surface area contributed by atoms with Gasteiger partial charge in [-0.05, 0) is 38.5 Å². The van der Waals surface area contributed by atoms with Gasteiger partial charge in [-0.3, -0.25) is 10.2 Å². The van der Waals surface area contributed by atoms with E-state index in [4.69, 9.17) is 10.6 Å². The van der Waals surface area contributed by atoms with Gasteiger partial charge < -0.3 is 4.74 Å². The van der Waals surface area contributed by atoms with Crippen LogP contribution in [-0.2, 0) is 11.2 Å². The van der Waals surface area contributed by atoms with Crippen LogP contribution in [-0.4, -0.2) is 11.5 Å². The van der Waals surface area contributed by atoms with Crippen molar-refractivity contribution in [3.05, 3.63) is 29.8 Å². The Kier molecular flexibility index (Phi) is 3.90. The summed E-state index contributed by atoms with van der Waals surface area (Å²) in [6, 6.07) is 7.42. The molecule has 0 aliphatic heterocycles. The van der Waals surface area contributed by atoms with Crippen LogP contribution < -0.4 is 16.0 Å². The second kappa shape index (κ2) is 4.99. The molecule has 1 aromatic rings. The quantitative estimate of drug-likeness (QED) is 0.461. The molecule has 0 saturated carbocycles. The van der Waals surface area contributed by atoms with Gasteiger partial charge in [0, 0.05) is 0 Å². The Morgan fingerprint density at radius 1 is 1.31 bits per heavy atom. The molecular weight excluding hydrogens is 204 g/mol. The number of nitrogens with one attached hydrogen (secondary N) is 1. The number of benzene rings is 1. The summed E-state index contributed by atoms with van der Waals surface area (Å²) in [7, 11) is 0. The number of hydrazine groups is 1. The molecule has 4 nitrogen and oxygen atoms in total. The van der Waals surface area contributed by atoms with E-state index < -0.39 is 0 Å². The third-order valence-electron chi connectivity index (χ3n) is 1.87. The fraction of sp³-hybridized carbons (Fsp3) is 0.417. The molecule has 88 valence electrons. The summed E-state index contributed by atoms with van der Waals surface area (Å²) in [4.78, 5) is 11.0. The monoisotopic (exact) mass is 222 g/mol. The predicted octanol–water partition coefficient (Wildman–Crippen LogP) is 1.40. The van der Waals surface area contributed by atoms with E-state index in [9.17, 15) is 4.79 Å². The molecule has 3 N–H and O–H groups in total. The summed E-state index contributed by atoms with van der Waals surface area (Å²) in [5.41, 5.74) is 2.79.